The summed E-state index contributed by atoms with van der Waals surface area (Å²) in [4.78, 5) is 34.7. The minimum Gasteiger partial charge on any atom is -0.340 e. The second kappa shape index (κ2) is 7.30. The molecular weight excluding hydrogens is 426 g/mol. The maximum Gasteiger partial charge on any atom is 0.268 e. The Balaban J connectivity index is 1.38. The summed E-state index contributed by atoms with van der Waals surface area (Å²) in [6.07, 6.45) is 3.59. The van der Waals surface area contributed by atoms with E-state index in [1.54, 1.807) is 17.0 Å². The number of carbonyl (C=O) groups excluding carboxylic acids is 2. The number of benzene rings is 1. The van der Waals surface area contributed by atoms with E-state index < -0.39 is 23.6 Å². The van der Waals surface area contributed by atoms with Crippen molar-refractivity contribution in [3.8, 4) is 0 Å². The Labute approximate surface area is 181 Å². The van der Waals surface area contributed by atoms with Crippen molar-refractivity contribution in [2.75, 3.05) is 13.1 Å². The molecule has 3 aromatic rings. The van der Waals surface area contributed by atoms with E-state index in [9.17, 15) is 18.4 Å². The summed E-state index contributed by atoms with van der Waals surface area (Å²) in [5.74, 6) is -2.24. The second-order valence-corrected chi connectivity index (χ2v) is 8.87. The molecule has 1 aliphatic carbocycles. The van der Waals surface area contributed by atoms with E-state index in [1.165, 1.54) is 12.3 Å². The lowest BCUT2D eigenvalue weighted by molar-refractivity contribution is -0.140. The Morgan fingerprint density at radius 2 is 2.00 bits per heavy atom. The lowest BCUT2D eigenvalue weighted by atomic mass is 9.94. The number of nitrogens with one attached hydrogen (secondary N) is 2. The fourth-order valence-electron chi connectivity index (χ4n) is 4.09. The van der Waals surface area contributed by atoms with Crippen LogP contribution in [0.3, 0.4) is 0 Å². The van der Waals surface area contributed by atoms with Crippen molar-refractivity contribution in [2.45, 2.75) is 25.3 Å². The number of nitrogens with zero attached hydrogens (tertiary/aromatic N) is 2. The van der Waals surface area contributed by atoms with Crippen LogP contribution in [0.25, 0.3) is 11.0 Å². The van der Waals surface area contributed by atoms with Gasteiger partial charge in [0.25, 0.3) is 5.91 Å². The van der Waals surface area contributed by atoms with Gasteiger partial charge in [0.05, 0.1) is 5.02 Å². The van der Waals surface area contributed by atoms with Crippen LogP contribution in [0.4, 0.5) is 8.78 Å². The van der Waals surface area contributed by atoms with Gasteiger partial charge in [-0.3, -0.25) is 9.59 Å². The van der Waals surface area contributed by atoms with E-state index in [-0.39, 0.29) is 29.0 Å². The van der Waals surface area contributed by atoms with Crippen LogP contribution in [0.2, 0.25) is 5.02 Å². The molecule has 1 spiro atoms. The van der Waals surface area contributed by atoms with E-state index in [0.29, 0.717) is 29.1 Å². The van der Waals surface area contributed by atoms with Crippen LogP contribution in [0.15, 0.2) is 36.5 Å². The summed E-state index contributed by atoms with van der Waals surface area (Å²) in [5.41, 5.74) is 1.10. The first-order chi connectivity index (χ1) is 14.8. The molecule has 0 radical (unpaired) electrons. The number of halogens is 3. The van der Waals surface area contributed by atoms with Crippen molar-refractivity contribution >= 4 is 34.4 Å². The van der Waals surface area contributed by atoms with Gasteiger partial charge in [-0.05, 0) is 36.6 Å². The molecule has 1 atom stereocenters. The van der Waals surface area contributed by atoms with Gasteiger partial charge in [0, 0.05) is 42.6 Å². The maximum absolute atomic E-state index is 14.2. The Bertz CT molecular complexity index is 1200. The van der Waals surface area contributed by atoms with Gasteiger partial charge >= 0.3 is 0 Å². The van der Waals surface area contributed by atoms with Gasteiger partial charge in [-0.1, -0.05) is 17.7 Å². The highest BCUT2D eigenvalue weighted by Crippen LogP contribution is 2.52. The number of H-pyrrole nitrogens is 1. The minimum atomic E-state index is -0.980. The Morgan fingerprint density at radius 1 is 1.23 bits per heavy atom. The first-order valence-corrected chi connectivity index (χ1v) is 10.4. The van der Waals surface area contributed by atoms with E-state index in [2.05, 4.69) is 15.3 Å². The van der Waals surface area contributed by atoms with Crippen LogP contribution in [0.1, 0.15) is 28.9 Å². The number of likely N-dealkylation sites (tertiary alicyclic amines) is 1. The smallest absolute Gasteiger partial charge is 0.268 e. The van der Waals surface area contributed by atoms with Gasteiger partial charge in [0.1, 0.15) is 29.0 Å². The fourth-order valence-corrected chi connectivity index (χ4v) is 4.25. The molecule has 1 aromatic carbocycles. The highest BCUT2D eigenvalue weighted by molar-refractivity contribution is 6.31. The lowest BCUT2D eigenvalue weighted by Gasteiger charge is -2.41. The van der Waals surface area contributed by atoms with Gasteiger partial charge < -0.3 is 15.2 Å². The zero-order chi connectivity index (χ0) is 21.8. The highest BCUT2D eigenvalue weighted by atomic mass is 35.5. The number of carbonyl (C=O) groups is 2. The van der Waals surface area contributed by atoms with Crippen LogP contribution >= 0.6 is 11.6 Å². The number of amides is 2. The molecule has 2 fully saturated rings. The summed E-state index contributed by atoms with van der Waals surface area (Å²) >= 11 is 5.95. The first-order valence-electron chi connectivity index (χ1n) is 10.00. The topological polar surface area (TPSA) is 78.1 Å². The Morgan fingerprint density at radius 3 is 2.71 bits per heavy atom. The number of aromatic nitrogens is 2. The molecule has 9 heteroatoms. The number of rotatable bonds is 5. The van der Waals surface area contributed by atoms with Crippen LogP contribution < -0.4 is 5.32 Å². The third-order valence-electron chi connectivity index (χ3n) is 6.05. The summed E-state index contributed by atoms with van der Waals surface area (Å²) in [5, 5.41) is 3.80. The minimum absolute atomic E-state index is 0.0789. The normalized spacial score (nSPS) is 17.5. The van der Waals surface area contributed by atoms with E-state index in [0.717, 1.165) is 25.0 Å². The summed E-state index contributed by atoms with van der Waals surface area (Å²) in [6, 6.07) is 5.48. The van der Waals surface area contributed by atoms with Crippen molar-refractivity contribution in [2.24, 2.45) is 5.41 Å². The number of aromatic amines is 1. The molecule has 2 aromatic heterocycles. The predicted octanol–water partition coefficient (Wildman–Crippen LogP) is 3.46. The Kier molecular flexibility index (Phi) is 4.69. The molecule has 2 N–H and O–H groups in total. The van der Waals surface area contributed by atoms with Crippen LogP contribution in [-0.4, -0.2) is 45.8 Å². The van der Waals surface area contributed by atoms with Crippen LogP contribution in [0.5, 0.6) is 0 Å². The number of hydrogen-bond acceptors (Lipinski definition) is 3. The summed E-state index contributed by atoms with van der Waals surface area (Å²) in [7, 11) is 0. The van der Waals surface area contributed by atoms with Crippen molar-refractivity contribution in [3.05, 3.63) is 64.4 Å². The molecule has 2 aliphatic rings. The third-order valence-corrected chi connectivity index (χ3v) is 6.25. The second-order valence-electron chi connectivity index (χ2n) is 8.43. The lowest BCUT2D eigenvalue weighted by Crippen LogP contribution is -2.58. The summed E-state index contributed by atoms with van der Waals surface area (Å²) in [6.45, 7) is 1.30. The van der Waals surface area contributed by atoms with Crippen LogP contribution in [0, 0.1) is 17.0 Å². The molecule has 5 rings (SSSR count). The van der Waals surface area contributed by atoms with Gasteiger partial charge in [0.2, 0.25) is 5.91 Å². The molecule has 6 nitrogen and oxygen atoms in total. The Hall–Kier alpha value is -3.00. The number of fused-ring (bicyclic) bond motifs is 1. The van der Waals surface area contributed by atoms with Crippen molar-refractivity contribution in [3.63, 3.8) is 0 Å². The van der Waals surface area contributed by atoms with Gasteiger partial charge in [-0.2, -0.15) is 0 Å². The summed E-state index contributed by atoms with van der Waals surface area (Å²) < 4.78 is 27.5. The molecule has 160 valence electrons. The van der Waals surface area contributed by atoms with Gasteiger partial charge in [0.15, 0.2) is 0 Å². The molecule has 31 heavy (non-hydrogen) atoms. The standard InChI is InChI=1S/C22H19ClF2N4O2/c23-14-5-13-7-17(27-19(13)26-9-14)20(30)28-18(6-12-1-2-15(24)8-16(12)25)21(31)29-10-22(11-29)3-4-22/h1-2,5,7-9,18H,3-4,6,10-11H2,(H,26,27)(H,28,30). The van der Waals surface area contributed by atoms with Crippen molar-refractivity contribution in [1.82, 2.24) is 20.2 Å². The third kappa shape index (κ3) is 3.87. The SMILES string of the molecule is O=C(NC(Cc1ccc(F)cc1F)C(=O)N1CC2(CC2)C1)c1cc2cc(Cl)cnc2[nH]1. The molecule has 2 amide bonds. The molecule has 3 heterocycles. The van der Waals surface area contributed by atoms with Crippen LogP contribution in [-0.2, 0) is 11.2 Å². The molecular formula is C22H19ClF2N4O2. The monoisotopic (exact) mass is 444 g/mol. The van der Waals surface area contributed by atoms with E-state index in [4.69, 9.17) is 11.6 Å². The first kappa shape index (κ1) is 19.9. The molecule has 1 aliphatic heterocycles. The van der Waals surface area contributed by atoms with E-state index in [1.807, 2.05) is 0 Å². The average molecular weight is 445 g/mol. The molecule has 0 bridgehead atoms. The molecule has 1 saturated carbocycles. The van der Waals surface area contributed by atoms with Gasteiger partial charge in [-0.15, -0.1) is 0 Å². The number of pyridine rings is 1. The predicted molar refractivity (Wildman–Crippen MR) is 111 cm³/mol. The molecule has 1 unspecified atom stereocenters. The fraction of sp³-hybridized carbons (Fsp3) is 0.318. The zero-order valence-corrected chi connectivity index (χ0v) is 17.2. The largest absolute Gasteiger partial charge is 0.340 e. The van der Waals surface area contributed by atoms with Crippen molar-refractivity contribution in [1.29, 1.82) is 0 Å². The maximum atomic E-state index is 14.2. The quantitative estimate of drug-likeness (QED) is 0.632. The average Bonchev–Trinajstić information content (AvgIpc) is 3.40. The number of hydrogen-bond donors (Lipinski definition) is 2. The van der Waals surface area contributed by atoms with E-state index >= 15 is 0 Å². The molecule has 1 saturated heterocycles. The van der Waals surface area contributed by atoms with Crippen molar-refractivity contribution < 1.29 is 18.4 Å². The van der Waals surface area contributed by atoms with Gasteiger partial charge in [-0.25, -0.2) is 13.8 Å². The zero-order valence-electron chi connectivity index (χ0n) is 16.4. The highest BCUT2D eigenvalue weighted by Gasteiger charge is 2.54.